The summed E-state index contributed by atoms with van der Waals surface area (Å²) in [5.74, 6) is 0.0947. The molecule has 0 bridgehead atoms. The zero-order chi connectivity index (χ0) is 23.1. The van der Waals surface area contributed by atoms with Gasteiger partial charge in [0.2, 0.25) is 0 Å². The Labute approximate surface area is 193 Å². The number of fused-ring (bicyclic) bond motifs is 1. The molecular formula is C28H27N3O2. The van der Waals surface area contributed by atoms with Crippen LogP contribution in [0.2, 0.25) is 0 Å². The number of nitrogens with one attached hydrogen (secondary N) is 1. The van der Waals surface area contributed by atoms with Crippen LogP contribution < -0.4 is 0 Å². The van der Waals surface area contributed by atoms with Crippen LogP contribution in [0.25, 0.3) is 11.3 Å². The fraction of sp³-hybridized carbons (Fsp3) is 0.214. The van der Waals surface area contributed by atoms with Crippen LogP contribution >= 0.6 is 0 Å². The van der Waals surface area contributed by atoms with Gasteiger partial charge in [0.1, 0.15) is 17.1 Å². The largest absolute Gasteiger partial charge is 0.507 e. The number of aryl methyl sites for hydroxylation is 3. The van der Waals surface area contributed by atoms with Gasteiger partial charge in [0, 0.05) is 17.7 Å². The van der Waals surface area contributed by atoms with E-state index in [0.717, 1.165) is 34.2 Å². The average Bonchev–Trinajstić information content (AvgIpc) is 3.33. The third-order valence-electron chi connectivity index (χ3n) is 6.46. The van der Waals surface area contributed by atoms with E-state index in [0.29, 0.717) is 23.5 Å². The first-order valence-corrected chi connectivity index (χ1v) is 11.3. The number of carbonyl (C=O) groups is 1. The lowest BCUT2D eigenvalue weighted by atomic mass is 9.92. The smallest absolute Gasteiger partial charge is 0.273 e. The lowest BCUT2D eigenvalue weighted by Crippen LogP contribution is -2.29. The molecule has 33 heavy (non-hydrogen) atoms. The van der Waals surface area contributed by atoms with Crippen LogP contribution in [0.5, 0.6) is 5.75 Å². The van der Waals surface area contributed by atoms with E-state index in [1.165, 1.54) is 5.56 Å². The minimum absolute atomic E-state index is 0.0820. The molecule has 0 spiro atoms. The normalized spacial score (nSPS) is 15.2. The number of H-pyrrole nitrogens is 1. The zero-order valence-corrected chi connectivity index (χ0v) is 19.1. The molecule has 0 saturated carbocycles. The maximum atomic E-state index is 13.6. The van der Waals surface area contributed by atoms with E-state index in [2.05, 4.69) is 41.4 Å². The average molecular weight is 438 g/mol. The van der Waals surface area contributed by atoms with Crippen molar-refractivity contribution in [1.82, 2.24) is 15.1 Å². The van der Waals surface area contributed by atoms with E-state index >= 15 is 0 Å². The van der Waals surface area contributed by atoms with Gasteiger partial charge in [0.25, 0.3) is 5.91 Å². The van der Waals surface area contributed by atoms with Crippen LogP contribution in [0.3, 0.4) is 0 Å². The van der Waals surface area contributed by atoms with E-state index in [1.54, 1.807) is 6.07 Å². The van der Waals surface area contributed by atoms with Gasteiger partial charge in [-0.15, -0.1) is 0 Å². The quantitative estimate of drug-likeness (QED) is 0.420. The Balaban J connectivity index is 1.68. The van der Waals surface area contributed by atoms with E-state index in [1.807, 2.05) is 55.1 Å². The first kappa shape index (κ1) is 21.0. The fourth-order valence-corrected chi connectivity index (χ4v) is 4.87. The van der Waals surface area contributed by atoms with Crippen molar-refractivity contribution in [3.05, 3.63) is 106 Å². The number of aromatic hydroxyl groups is 1. The van der Waals surface area contributed by atoms with Gasteiger partial charge in [-0.05, 0) is 54.2 Å². The number of rotatable bonds is 5. The first-order valence-electron chi connectivity index (χ1n) is 11.3. The zero-order valence-electron chi connectivity index (χ0n) is 19.1. The summed E-state index contributed by atoms with van der Waals surface area (Å²) in [7, 11) is 0. The second-order valence-corrected chi connectivity index (χ2v) is 8.75. The topological polar surface area (TPSA) is 69.2 Å². The number of benzene rings is 3. The van der Waals surface area contributed by atoms with Gasteiger partial charge in [0.05, 0.1) is 6.04 Å². The molecule has 2 heterocycles. The van der Waals surface area contributed by atoms with Crippen molar-refractivity contribution in [2.75, 3.05) is 0 Å². The molecule has 1 amide bonds. The number of hydrogen-bond donors (Lipinski definition) is 2. The van der Waals surface area contributed by atoms with E-state index in [9.17, 15) is 9.90 Å². The van der Waals surface area contributed by atoms with Gasteiger partial charge in [-0.2, -0.15) is 5.10 Å². The van der Waals surface area contributed by atoms with Crippen LogP contribution in [0.1, 0.15) is 56.8 Å². The highest BCUT2D eigenvalue weighted by Gasteiger charge is 2.42. The van der Waals surface area contributed by atoms with Crippen LogP contribution in [0, 0.1) is 13.8 Å². The Hall–Kier alpha value is -3.86. The first-order chi connectivity index (χ1) is 16.0. The molecule has 1 aliphatic rings. The van der Waals surface area contributed by atoms with E-state index in [-0.39, 0.29) is 17.7 Å². The third-order valence-corrected chi connectivity index (χ3v) is 6.46. The molecule has 0 saturated heterocycles. The highest BCUT2D eigenvalue weighted by atomic mass is 16.3. The summed E-state index contributed by atoms with van der Waals surface area (Å²) in [6.45, 7) is 6.53. The molecule has 166 valence electrons. The molecule has 5 heteroatoms. The van der Waals surface area contributed by atoms with Crippen molar-refractivity contribution < 1.29 is 9.90 Å². The van der Waals surface area contributed by atoms with Gasteiger partial charge < -0.3 is 10.0 Å². The number of phenols is 1. The van der Waals surface area contributed by atoms with Crippen LogP contribution in [-0.2, 0) is 13.0 Å². The van der Waals surface area contributed by atoms with Crippen LogP contribution in [-0.4, -0.2) is 26.1 Å². The third kappa shape index (κ3) is 3.59. The summed E-state index contributed by atoms with van der Waals surface area (Å²) < 4.78 is 0. The highest BCUT2D eigenvalue weighted by molar-refractivity contribution is 6.00. The molecule has 1 aliphatic heterocycles. The number of aromatic nitrogens is 2. The summed E-state index contributed by atoms with van der Waals surface area (Å²) in [4.78, 5) is 15.5. The summed E-state index contributed by atoms with van der Waals surface area (Å²) in [5.41, 5.74) is 7.86. The van der Waals surface area contributed by atoms with Crippen molar-refractivity contribution >= 4 is 5.91 Å². The Bertz CT molecular complexity index is 1300. The van der Waals surface area contributed by atoms with Crippen molar-refractivity contribution in [1.29, 1.82) is 0 Å². The highest BCUT2D eigenvalue weighted by Crippen LogP contribution is 2.46. The van der Waals surface area contributed by atoms with Crippen molar-refractivity contribution in [3.8, 4) is 17.0 Å². The predicted molar refractivity (Wildman–Crippen MR) is 129 cm³/mol. The number of amides is 1. The molecule has 1 atom stereocenters. The number of aromatic amines is 1. The molecule has 5 rings (SSSR count). The molecule has 0 aliphatic carbocycles. The lowest BCUT2D eigenvalue weighted by Gasteiger charge is -2.27. The standard InChI is InChI=1S/C28H27N3O2/c1-4-19-10-12-21(13-11-19)27-24-25(23-18(3)14-17(2)15-22(23)32)29-30-26(24)28(33)31(27)16-20-8-6-5-7-9-20/h5-15,27,32H,4,16H2,1-3H3,(H,29,30). The number of phenolic OH excluding ortho intramolecular Hbond substituents is 1. The number of carbonyl (C=O) groups excluding carboxylic acids is 1. The summed E-state index contributed by atoms with van der Waals surface area (Å²) in [6.07, 6.45) is 0.955. The van der Waals surface area contributed by atoms with Crippen LogP contribution in [0.4, 0.5) is 0 Å². The van der Waals surface area contributed by atoms with E-state index in [4.69, 9.17) is 0 Å². The van der Waals surface area contributed by atoms with Gasteiger partial charge in [-0.25, -0.2) is 0 Å². The summed E-state index contributed by atoms with van der Waals surface area (Å²) in [5, 5.41) is 18.3. The monoisotopic (exact) mass is 437 g/mol. The van der Waals surface area contributed by atoms with Crippen molar-refractivity contribution in [2.45, 2.75) is 39.8 Å². The minimum atomic E-state index is -0.299. The molecule has 2 N–H and O–H groups in total. The summed E-state index contributed by atoms with van der Waals surface area (Å²) >= 11 is 0. The molecule has 1 aromatic heterocycles. The Kier molecular flexibility index (Phi) is 5.25. The van der Waals surface area contributed by atoms with Gasteiger partial charge in [0.15, 0.2) is 0 Å². The Morgan fingerprint density at radius 3 is 2.39 bits per heavy atom. The maximum Gasteiger partial charge on any atom is 0.273 e. The fourth-order valence-electron chi connectivity index (χ4n) is 4.87. The Morgan fingerprint density at radius 1 is 1.00 bits per heavy atom. The van der Waals surface area contributed by atoms with Crippen LogP contribution in [0.15, 0.2) is 66.7 Å². The molecule has 3 aromatic carbocycles. The van der Waals surface area contributed by atoms with Crippen molar-refractivity contribution in [3.63, 3.8) is 0 Å². The van der Waals surface area contributed by atoms with Gasteiger partial charge in [-0.1, -0.05) is 67.6 Å². The Morgan fingerprint density at radius 2 is 1.73 bits per heavy atom. The minimum Gasteiger partial charge on any atom is -0.507 e. The lowest BCUT2D eigenvalue weighted by molar-refractivity contribution is 0.0730. The van der Waals surface area contributed by atoms with Gasteiger partial charge in [-0.3, -0.25) is 9.89 Å². The van der Waals surface area contributed by atoms with Crippen molar-refractivity contribution in [2.24, 2.45) is 0 Å². The molecular weight excluding hydrogens is 410 g/mol. The molecule has 0 fully saturated rings. The SMILES string of the molecule is CCc1ccc(C2c3c(-c4c(C)cc(C)cc4O)n[nH]c3C(=O)N2Cc2ccccc2)cc1. The second-order valence-electron chi connectivity index (χ2n) is 8.75. The van der Waals surface area contributed by atoms with Gasteiger partial charge >= 0.3 is 0 Å². The second kappa shape index (κ2) is 8.24. The molecule has 1 unspecified atom stereocenters. The maximum absolute atomic E-state index is 13.6. The molecule has 5 nitrogen and oxygen atoms in total. The molecule has 0 radical (unpaired) electrons. The summed E-state index contributed by atoms with van der Waals surface area (Å²) in [6, 6.07) is 21.9. The predicted octanol–water partition coefficient (Wildman–Crippen LogP) is 5.71. The number of hydrogen-bond acceptors (Lipinski definition) is 3. The number of nitrogens with zero attached hydrogens (tertiary/aromatic N) is 2. The molecule has 4 aromatic rings. The van der Waals surface area contributed by atoms with E-state index < -0.39 is 0 Å².